The number of benzene rings is 1. The Balaban J connectivity index is 1.79. The number of aromatic nitrogens is 2. The van der Waals surface area contributed by atoms with E-state index in [1.807, 2.05) is 13.8 Å². The number of nitrogens with one attached hydrogen (secondary N) is 1. The van der Waals surface area contributed by atoms with E-state index in [1.54, 1.807) is 12.1 Å². The molecule has 2 heterocycles. The van der Waals surface area contributed by atoms with E-state index in [-0.39, 0.29) is 23.3 Å². The summed E-state index contributed by atoms with van der Waals surface area (Å²) in [5.74, 6) is -1.55. The number of carbonyl (C=O) groups excluding carboxylic acids is 2. The molecule has 9 nitrogen and oxygen atoms in total. The van der Waals surface area contributed by atoms with Crippen molar-refractivity contribution in [2.75, 3.05) is 20.2 Å². The van der Waals surface area contributed by atoms with Crippen LogP contribution in [0.4, 0.5) is 0 Å². The Morgan fingerprint density at radius 3 is 2.76 bits per heavy atom. The van der Waals surface area contributed by atoms with Crippen molar-refractivity contribution in [2.45, 2.75) is 37.6 Å². The Morgan fingerprint density at radius 1 is 1.31 bits per heavy atom. The second-order valence-electron chi connectivity index (χ2n) is 7.34. The van der Waals surface area contributed by atoms with Gasteiger partial charge in [-0.3, -0.25) is 4.79 Å². The maximum Gasteiger partial charge on any atom is 0.328 e. The highest BCUT2D eigenvalue weighted by molar-refractivity contribution is 7.89. The zero-order valence-corrected chi connectivity index (χ0v) is 18.1. The molecule has 11 heteroatoms. The summed E-state index contributed by atoms with van der Waals surface area (Å²) in [6.07, 6.45) is 1.10. The monoisotopic (exact) mass is 440 g/mol. The van der Waals surface area contributed by atoms with E-state index in [1.165, 1.54) is 17.5 Å². The highest BCUT2D eigenvalue weighted by Crippen LogP contribution is 2.28. The molecule has 158 valence electrons. The third kappa shape index (κ3) is 4.41. The quantitative estimate of drug-likeness (QED) is 0.675. The number of ether oxygens (including phenoxy) is 1. The van der Waals surface area contributed by atoms with Crippen LogP contribution in [0.3, 0.4) is 0 Å². The first kappa shape index (κ1) is 21.6. The Bertz CT molecular complexity index is 1000. The Labute approximate surface area is 173 Å². The van der Waals surface area contributed by atoms with E-state index in [9.17, 15) is 18.0 Å². The summed E-state index contributed by atoms with van der Waals surface area (Å²) in [6, 6.07) is 4.08. The molecular formula is C18H24N4O5S2. The van der Waals surface area contributed by atoms with Crippen LogP contribution in [0.25, 0.3) is 11.0 Å². The largest absolute Gasteiger partial charge is 0.467 e. The van der Waals surface area contributed by atoms with Gasteiger partial charge in [-0.1, -0.05) is 19.9 Å². The predicted octanol–water partition coefficient (Wildman–Crippen LogP) is 1.41. The lowest BCUT2D eigenvalue weighted by atomic mass is 9.97. The Morgan fingerprint density at radius 2 is 2.07 bits per heavy atom. The van der Waals surface area contributed by atoms with Gasteiger partial charge in [-0.25, -0.2) is 13.2 Å². The van der Waals surface area contributed by atoms with Crippen molar-refractivity contribution < 1.29 is 22.7 Å². The number of hydrogen-bond donors (Lipinski definition) is 1. The molecule has 0 bridgehead atoms. The van der Waals surface area contributed by atoms with Crippen LogP contribution in [-0.2, 0) is 24.3 Å². The smallest absolute Gasteiger partial charge is 0.328 e. The zero-order valence-electron chi connectivity index (χ0n) is 16.5. The molecule has 0 saturated carbocycles. The maximum atomic E-state index is 13.2. The normalized spacial score (nSPS) is 19.2. The average molecular weight is 441 g/mol. The standard InChI is InChI=1S/C18H24N4O5S2/c1-11(2)15(18(24)27-3)19-17(23)12-6-5-9-22(10-12)29(25,26)14-8-4-7-13-16(14)21-28-20-13/h4,7-8,11-12,15H,5-6,9-10H2,1-3H3,(H,19,23)/t12-,15+/m1/s1. The van der Waals surface area contributed by atoms with Gasteiger partial charge in [0.15, 0.2) is 0 Å². The minimum atomic E-state index is -3.82. The molecule has 0 spiro atoms. The molecule has 0 radical (unpaired) electrons. The Kier molecular flexibility index (Phi) is 6.49. The number of fused-ring (bicyclic) bond motifs is 1. The van der Waals surface area contributed by atoms with Gasteiger partial charge in [0.2, 0.25) is 15.9 Å². The second-order valence-corrected chi connectivity index (χ2v) is 9.78. The fourth-order valence-corrected chi connectivity index (χ4v) is 5.68. The number of sulfonamides is 1. The van der Waals surface area contributed by atoms with Crippen LogP contribution < -0.4 is 5.32 Å². The van der Waals surface area contributed by atoms with Crippen LogP contribution in [0.2, 0.25) is 0 Å². The van der Waals surface area contributed by atoms with Gasteiger partial charge in [-0.2, -0.15) is 13.1 Å². The number of rotatable bonds is 6. The minimum Gasteiger partial charge on any atom is -0.467 e. The lowest BCUT2D eigenvalue weighted by molar-refractivity contribution is -0.147. The summed E-state index contributed by atoms with van der Waals surface area (Å²) in [4.78, 5) is 24.8. The fraction of sp³-hybridized carbons (Fsp3) is 0.556. The van der Waals surface area contributed by atoms with E-state index >= 15 is 0 Å². The van der Waals surface area contributed by atoms with Crippen LogP contribution in [0.5, 0.6) is 0 Å². The predicted molar refractivity (Wildman–Crippen MR) is 108 cm³/mol. The van der Waals surface area contributed by atoms with E-state index in [0.29, 0.717) is 30.4 Å². The molecule has 1 aliphatic rings. The molecule has 1 N–H and O–H groups in total. The number of amides is 1. The molecule has 2 aromatic rings. The third-order valence-corrected chi connectivity index (χ3v) is 7.48. The van der Waals surface area contributed by atoms with Crippen molar-refractivity contribution in [3.63, 3.8) is 0 Å². The van der Waals surface area contributed by atoms with Crippen molar-refractivity contribution in [2.24, 2.45) is 11.8 Å². The molecule has 3 rings (SSSR count). The molecule has 29 heavy (non-hydrogen) atoms. The van der Waals surface area contributed by atoms with Crippen molar-refractivity contribution in [3.05, 3.63) is 18.2 Å². The first-order valence-corrected chi connectivity index (χ1v) is 11.5. The van der Waals surface area contributed by atoms with Crippen molar-refractivity contribution in [1.29, 1.82) is 0 Å². The highest BCUT2D eigenvalue weighted by Gasteiger charge is 2.36. The minimum absolute atomic E-state index is 0.0497. The highest BCUT2D eigenvalue weighted by atomic mass is 32.2. The number of esters is 1. The Hall–Kier alpha value is -2.11. The number of carbonyl (C=O) groups is 2. The number of nitrogens with zero attached hydrogens (tertiary/aromatic N) is 3. The second kappa shape index (κ2) is 8.72. The molecule has 1 aromatic carbocycles. The van der Waals surface area contributed by atoms with Crippen molar-refractivity contribution >= 4 is 44.7 Å². The number of hydrogen-bond acceptors (Lipinski definition) is 8. The van der Waals surface area contributed by atoms with Gasteiger partial charge in [0.25, 0.3) is 0 Å². The average Bonchev–Trinajstić information content (AvgIpc) is 3.19. The first-order chi connectivity index (χ1) is 13.8. The van der Waals surface area contributed by atoms with Gasteiger partial charge in [0.05, 0.1) is 24.8 Å². The molecule has 1 saturated heterocycles. The summed E-state index contributed by atoms with van der Waals surface area (Å²) in [5.41, 5.74) is 0.870. The molecule has 1 aliphatic heterocycles. The number of methoxy groups -OCH3 is 1. The lowest BCUT2D eigenvalue weighted by Crippen LogP contribution is -2.51. The first-order valence-electron chi connectivity index (χ1n) is 9.35. The van der Waals surface area contributed by atoms with Crippen LogP contribution in [0.1, 0.15) is 26.7 Å². The fourth-order valence-electron chi connectivity index (χ4n) is 3.40. The molecule has 1 fully saturated rings. The maximum absolute atomic E-state index is 13.2. The lowest BCUT2D eigenvalue weighted by Gasteiger charge is -2.32. The summed E-state index contributed by atoms with van der Waals surface area (Å²) in [7, 11) is -2.55. The molecular weight excluding hydrogens is 416 g/mol. The number of piperidine rings is 1. The summed E-state index contributed by atoms with van der Waals surface area (Å²) in [5, 5.41) is 2.72. The van der Waals surface area contributed by atoms with Gasteiger partial charge in [-0.15, -0.1) is 0 Å². The summed E-state index contributed by atoms with van der Waals surface area (Å²) in [6.45, 7) is 3.99. The van der Waals surface area contributed by atoms with Gasteiger partial charge >= 0.3 is 5.97 Å². The summed E-state index contributed by atoms with van der Waals surface area (Å²) < 4.78 is 40.7. The molecule has 1 amide bonds. The van der Waals surface area contributed by atoms with E-state index < -0.39 is 28.0 Å². The van der Waals surface area contributed by atoms with E-state index in [2.05, 4.69) is 14.1 Å². The van der Waals surface area contributed by atoms with Crippen LogP contribution in [0, 0.1) is 11.8 Å². The van der Waals surface area contributed by atoms with E-state index in [0.717, 1.165) is 11.7 Å². The SMILES string of the molecule is COC(=O)[C@@H](NC(=O)[C@@H]1CCCN(S(=O)(=O)c2cccc3nsnc23)C1)C(C)C. The van der Waals surface area contributed by atoms with E-state index in [4.69, 9.17) is 4.74 Å². The van der Waals surface area contributed by atoms with Crippen molar-refractivity contribution in [1.82, 2.24) is 18.4 Å². The van der Waals surface area contributed by atoms with Crippen molar-refractivity contribution in [3.8, 4) is 0 Å². The molecule has 0 unspecified atom stereocenters. The van der Waals surface area contributed by atoms with Crippen LogP contribution in [0.15, 0.2) is 23.1 Å². The third-order valence-electron chi connectivity index (χ3n) is 5.04. The zero-order chi connectivity index (χ0) is 21.2. The van der Waals surface area contributed by atoms with Gasteiger partial charge in [-0.05, 0) is 30.9 Å². The molecule has 0 aliphatic carbocycles. The van der Waals surface area contributed by atoms with Gasteiger partial charge < -0.3 is 10.1 Å². The van der Waals surface area contributed by atoms with Gasteiger partial charge in [0, 0.05) is 13.1 Å². The molecule has 1 aromatic heterocycles. The van der Waals surface area contributed by atoms with Crippen LogP contribution in [-0.4, -0.2) is 59.6 Å². The topological polar surface area (TPSA) is 119 Å². The summed E-state index contributed by atoms with van der Waals surface area (Å²) >= 11 is 0.959. The van der Waals surface area contributed by atoms with Crippen LogP contribution >= 0.6 is 11.7 Å². The molecule has 2 atom stereocenters. The van der Waals surface area contributed by atoms with Gasteiger partial charge in [0.1, 0.15) is 22.0 Å².